The summed E-state index contributed by atoms with van der Waals surface area (Å²) in [5.74, 6) is 1.11. The third-order valence-corrected chi connectivity index (χ3v) is 6.94. The number of sulfonamides is 1. The molecule has 0 radical (unpaired) electrons. The summed E-state index contributed by atoms with van der Waals surface area (Å²) in [5.41, 5.74) is 1.80. The molecule has 0 aliphatic rings. The Balaban J connectivity index is 1.75. The first-order chi connectivity index (χ1) is 15.3. The van der Waals surface area contributed by atoms with Crippen LogP contribution in [0.4, 0.5) is 5.69 Å². The molecule has 3 aromatic rings. The minimum absolute atomic E-state index is 0.150. The SMILES string of the molecule is COc1ccc(S(=O)(=O)N(C)c2ccc(C(=O)N(C)Cc3ccccc3OC)cc2)cc1. The zero-order chi connectivity index (χ0) is 23.3. The number of carbonyl (C=O) groups is 1. The first-order valence-corrected chi connectivity index (χ1v) is 11.3. The van der Waals surface area contributed by atoms with Gasteiger partial charge < -0.3 is 14.4 Å². The van der Waals surface area contributed by atoms with Crippen molar-refractivity contribution in [3.8, 4) is 11.5 Å². The molecule has 0 heterocycles. The highest BCUT2D eigenvalue weighted by Crippen LogP contribution is 2.25. The van der Waals surface area contributed by atoms with Crippen molar-refractivity contribution in [2.24, 2.45) is 0 Å². The van der Waals surface area contributed by atoms with Gasteiger partial charge in [-0.05, 0) is 54.6 Å². The summed E-state index contributed by atoms with van der Waals surface area (Å²) in [5, 5.41) is 0. The Labute approximate surface area is 188 Å². The van der Waals surface area contributed by atoms with Crippen LogP contribution in [-0.2, 0) is 16.6 Å². The highest BCUT2D eigenvalue weighted by Gasteiger charge is 2.22. The number of rotatable bonds is 8. The highest BCUT2D eigenvalue weighted by molar-refractivity contribution is 7.92. The van der Waals surface area contributed by atoms with E-state index in [4.69, 9.17) is 9.47 Å². The Morgan fingerprint density at radius 2 is 1.47 bits per heavy atom. The quantitative estimate of drug-likeness (QED) is 0.518. The van der Waals surface area contributed by atoms with Gasteiger partial charge in [-0.1, -0.05) is 18.2 Å². The number of ether oxygens (including phenoxy) is 2. The molecule has 7 nitrogen and oxygen atoms in total. The summed E-state index contributed by atoms with van der Waals surface area (Å²) >= 11 is 0. The van der Waals surface area contributed by atoms with Crippen LogP contribution in [0.5, 0.6) is 11.5 Å². The van der Waals surface area contributed by atoms with Gasteiger partial charge in [0, 0.05) is 31.8 Å². The van der Waals surface area contributed by atoms with Gasteiger partial charge >= 0.3 is 0 Å². The summed E-state index contributed by atoms with van der Waals surface area (Å²) in [7, 11) is 2.55. The van der Waals surface area contributed by atoms with Crippen LogP contribution in [-0.4, -0.2) is 47.5 Å². The Morgan fingerprint density at radius 1 is 0.844 bits per heavy atom. The predicted molar refractivity (Wildman–Crippen MR) is 124 cm³/mol. The average molecular weight is 455 g/mol. The molecule has 3 aromatic carbocycles. The van der Waals surface area contributed by atoms with Gasteiger partial charge in [0.15, 0.2) is 0 Å². The van der Waals surface area contributed by atoms with Crippen molar-refractivity contribution in [2.45, 2.75) is 11.4 Å². The summed E-state index contributed by atoms with van der Waals surface area (Å²) in [6.07, 6.45) is 0. The molecule has 0 aliphatic heterocycles. The second-order valence-electron chi connectivity index (χ2n) is 7.17. The molecule has 8 heteroatoms. The van der Waals surface area contributed by atoms with Crippen LogP contribution in [0.2, 0.25) is 0 Å². The van der Waals surface area contributed by atoms with Crippen molar-refractivity contribution >= 4 is 21.6 Å². The largest absolute Gasteiger partial charge is 0.497 e. The maximum Gasteiger partial charge on any atom is 0.264 e. The Kier molecular flexibility index (Phi) is 7.05. The molecule has 0 bridgehead atoms. The molecule has 0 aromatic heterocycles. The summed E-state index contributed by atoms with van der Waals surface area (Å²) < 4.78 is 37.5. The number of amides is 1. The van der Waals surface area contributed by atoms with Gasteiger partial charge in [0.2, 0.25) is 0 Å². The van der Waals surface area contributed by atoms with Gasteiger partial charge in [-0.15, -0.1) is 0 Å². The molecule has 1 amide bonds. The van der Waals surface area contributed by atoms with Crippen LogP contribution in [0.15, 0.2) is 77.7 Å². The number of benzene rings is 3. The van der Waals surface area contributed by atoms with Gasteiger partial charge in [-0.2, -0.15) is 0 Å². The molecule has 3 rings (SSSR count). The third kappa shape index (κ3) is 4.86. The molecule has 168 valence electrons. The number of carbonyl (C=O) groups excluding carboxylic acids is 1. The van der Waals surface area contributed by atoms with Crippen LogP contribution < -0.4 is 13.8 Å². The molecule has 0 saturated heterocycles. The van der Waals surface area contributed by atoms with E-state index < -0.39 is 10.0 Å². The molecule has 0 aliphatic carbocycles. The number of hydrogen-bond donors (Lipinski definition) is 0. The lowest BCUT2D eigenvalue weighted by molar-refractivity contribution is 0.0784. The minimum atomic E-state index is -3.75. The van der Waals surface area contributed by atoms with Crippen molar-refractivity contribution in [1.82, 2.24) is 4.90 Å². The van der Waals surface area contributed by atoms with Crippen molar-refractivity contribution in [3.63, 3.8) is 0 Å². The molecule has 0 N–H and O–H groups in total. The maximum absolute atomic E-state index is 12.9. The third-order valence-electron chi connectivity index (χ3n) is 5.14. The van der Waals surface area contributed by atoms with Crippen LogP contribution in [0.3, 0.4) is 0 Å². The van der Waals surface area contributed by atoms with Gasteiger partial charge in [0.05, 0.1) is 24.8 Å². The van der Waals surface area contributed by atoms with Gasteiger partial charge in [0.25, 0.3) is 15.9 Å². The second-order valence-corrected chi connectivity index (χ2v) is 9.14. The lowest BCUT2D eigenvalue weighted by atomic mass is 10.1. The van der Waals surface area contributed by atoms with E-state index in [0.717, 1.165) is 5.56 Å². The van der Waals surface area contributed by atoms with Crippen LogP contribution in [0.25, 0.3) is 0 Å². The molecule has 32 heavy (non-hydrogen) atoms. The van der Waals surface area contributed by atoms with E-state index in [9.17, 15) is 13.2 Å². The number of hydrogen-bond acceptors (Lipinski definition) is 5. The first-order valence-electron chi connectivity index (χ1n) is 9.88. The summed E-state index contributed by atoms with van der Waals surface area (Å²) in [6.45, 7) is 0.385. The van der Waals surface area contributed by atoms with E-state index in [-0.39, 0.29) is 10.8 Å². The van der Waals surface area contributed by atoms with Crippen molar-refractivity contribution in [2.75, 3.05) is 32.6 Å². The number of para-hydroxylation sites is 1. The van der Waals surface area contributed by atoms with Gasteiger partial charge in [-0.25, -0.2) is 8.42 Å². The van der Waals surface area contributed by atoms with E-state index >= 15 is 0 Å². The van der Waals surface area contributed by atoms with Gasteiger partial charge in [0.1, 0.15) is 11.5 Å². The summed E-state index contributed by atoms with van der Waals surface area (Å²) in [6, 6.07) is 20.2. The number of anilines is 1. The fraction of sp³-hybridized carbons (Fsp3) is 0.208. The van der Waals surface area contributed by atoms with Crippen molar-refractivity contribution in [3.05, 3.63) is 83.9 Å². The zero-order valence-corrected chi connectivity index (χ0v) is 19.3. The average Bonchev–Trinajstić information content (AvgIpc) is 2.83. The van der Waals surface area contributed by atoms with E-state index in [1.807, 2.05) is 24.3 Å². The molecule has 0 fully saturated rings. The number of methoxy groups -OCH3 is 2. The van der Waals surface area contributed by atoms with Crippen molar-refractivity contribution in [1.29, 1.82) is 0 Å². The Bertz CT molecular complexity index is 1180. The summed E-state index contributed by atoms with van der Waals surface area (Å²) in [4.78, 5) is 14.6. The smallest absolute Gasteiger partial charge is 0.264 e. The second kappa shape index (κ2) is 9.74. The van der Waals surface area contributed by atoms with E-state index in [1.165, 1.54) is 30.6 Å². The lowest BCUT2D eigenvalue weighted by Crippen LogP contribution is -2.27. The molecule has 0 unspecified atom stereocenters. The predicted octanol–water partition coefficient (Wildman–Crippen LogP) is 3.80. The van der Waals surface area contributed by atoms with Crippen LogP contribution in [0, 0.1) is 0 Å². The fourth-order valence-electron chi connectivity index (χ4n) is 3.24. The van der Waals surface area contributed by atoms with E-state index in [0.29, 0.717) is 29.3 Å². The van der Waals surface area contributed by atoms with E-state index in [1.54, 1.807) is 55.5 Å². The topological polar surface area (TPSA) is 76.2 Å². The number of nitrogens with zero attached hydrogens (tertiary/aromatic N) is 2. The first kappa shape index (κ1) is 23.1. The lowest BCUT2D eigenvalue weighted by Gasteiger charge is -2.21. The highest BCUT2D eigenvalue weighted by atomic mass is 32.2. The molecule has 0 spiro atoms. The Morgan fingerprint density at radius 3 is 2.06 bits per heavy atom. The zero-order valence-electron chi connectivity index (χ0n) is 18.5. The fourth-order valence-corrected chi connectivity index (χ4v) is 4.44. The molecule has 0 saturated carbocycles. The molecular formula is C24H26N2O5S. The standard InChI is InChI=1S/C24H26N2O5S/c1-25(17-19-7-5-6-8-23(19)31-4)24(27)18-9-11-20(12-10-18)26(2)32(28,29)22-15-13-21(30-3)14-16-22/h5-16H,17H2,1-4H3. The molecule has 0 atom stereocenters. The van der Waals surface area contributed by atoms with Crippen LogP contribution in [0.1, 0.15) is 15.9 Å². The molecular weight excluding hydrogens is 428 g/mol. The van der Waals surface area contributed by atoms with Crippen LogP contribution >= 0.6 is 0 Å². The maximum atomic E-state index is 12.9. The van der Waals surface area contributed by atoms with Gasteiger partial charge in [-0.3, -0.25) is 9.10 Å². The Hall–Kier alpha value is -3.52. The van der Waals surface area contributed by atoms with E-state index in [2.05, 4.69) is 0 Å². The monoisotopic (exact) mass is 454 g/mol. The minimum Gasteiger partial charge on any atom is -0.497 e. The van der Waals surface area contributed by atoms with Crippen molar-refractivity contribution < 1.29 is 22.7 Å². The normalized spacial score (nSPS) is 11.0.